The van der Waals surface area contributed by atoms with Gasteiger partial charge in [0.25, 0.3) is 11.8 Å². The number of nitrogens with one attached hydrogen (secondary N) is 1. The molecule has 6 nitrogen and oxygen atoms in total. The van der Waals surface area contributed by atoms with Gasteiger partial charge in [-0.1, -0.05) is 36.8 Å². The minimum absolute atomic E-state index is 0.265. The number of hydrogen-bond donors (Lipinski definition) is 1. The summed E-state index contributed by atoms with van der Waals surface area (Å²) in [6.07, 6.45) is 3.15. The zero-order valence-electron chi connectivity index (χ0n) is 16.3. The molecule has 3 rings (SSSR count). The van der Waals surface area contributed by atoms with Crippen LogP contribution < -0.4 is 10.1 Å². The number of rotatable bonds is 2. The van der Waals surface area contributed by atoms with E-state index in [9.17, 15) is 9.59 Å². The Morgan fingerprint density at radius 3 is 2.68 bits per heavy atom. The topological polar surface area (TPSA) is 67.9 Å². The summed E-state index contributed by atoms with van der Waals surface area (Å²) in [5.74, 6) is 0.250. The highest BCUT2D eigenvalue weighted by atomic mass is 16.7. The molecule has 0 radical (unpaired) electrons. The third-order valence-electron chi connectivity index (χ3n) is 4.91. The van der Waals surface area contributed by atoms with Crippen LogP contribution in [-0.2, 0) is 9.63 Å². The Bertz CT molecular complexity index is 837. The molecule has 0 spiro atoms. The van der Waals surface area contributed by atoms with Crippen LogP contribution >= 0.6 is 0 Å². The van der Waals surface area contributed by atoms with Gasteiger partial charge in [0.2, 0.25) is 0 Å². The summed E-state index contributed by atoms with van der Waals surface area (Å²) in [5, 5.41) is 4.07. The maximum Gasteiger partial charge on any atom is 0.268 e. The van der Waals surface area contributed by atoms with Crippen molar-refractivity contribution in [1.29, 1.82) is 0 Å². The molecule has 1 heterocycles. The average molecular weight is 382 g/mol. The van der Waals surface area contributed by atoms with Crippen molar-refractivity contribution in [3.63, 3.8) is 0 Å². The molecule has 0 aromatic heterocycles. The van der Waals surface area contributed by atoms with Crippen molar-refractivity contribution in [2.75, 3.05) is 20.8 Å². The van der Waals surface area contributed by atoms with Gasteiger partial charge < -0.3 is 10.1 Å². The quantitative estimate of drug-likeness (QED) is 0.808. The fraction of sp³-hybridized carbons (Fsp3) is 0.364. The van der Waals surface area contributed by atoms with E-state index in [2.05, 4.69) is 5.32 Å². The molecule has 1 aliphatic heterocycles. The summed E-state index contributed by atoms with van der Waals surface area (Å²) in [4.78, 5) is 30.7. The second kappa shape index (κ2) is 9.37. The van der Waals surface area contributed by atoms with E-state index < -0.39 is 6.04 Å². The highest BCUT2D eigenvalue weighted by Gasteiger charge is 2.25. The fourth-order valence-electron chi connectivity index (χ4n) is 3.31. The number of amides is 2. The van der Waals surface area contributed by atoms with Gasteiger partial charge in [0.1, 0.15) is 11.8 Å². The molecule has 148 valence electrons. The molecular weight excluding hydrogens is 356 g/mol. The van der Waals surface area contributed by atoms with Crippen LogP contribution in [0, 0.1) is 0 Å². The number of hydrogen-bond acceptors (Lipinski definition) is 4. The molecule has 28 heavy (non-hydrogen) atoms. The van der Waals surface area contributed by atoms with Crippen LogP contribution in [0.3, 0.4) is 0 Å². The summed E-state index contributed by atoms with van der Waals surface area (Å²) in [7, 11) is 2.98. The second-order valence-electron chi connectivity index (χ2n) is 6.82. The lowest BCUT2D eigenvalue weighted by atomic mass is 9.98. The fourth-order valence-corrected chi connectivity index (χ4v) is 3.31. The minimum Gasteiger partial charge on any atom is -0.494 e. The summed E-state index contributed by atoms with van der Waals surface area (Å²) >= 11 is 0. The number of ether oxygens (including phenoxy) is 1. The van der Waals surface area contributed by atoms with E-state index in [1.165, 1.54) is 7.11 Å². The Labute approximate surface area is 165 Å². The number of nitrogens with zero attached hydrogens (tertiary/aromatic N) is 1. The summed E-state index contributed by atoms with van der Waals surface area (Å²) < 4.78 is 5.87. The van der Waals surface area contributed by atoms with Gasteiger partial charge in [-0.2, -0.15) is 0 Å². The predicted molar refractivity (Wildman–Crippen MR) is 107 cm³/mol. The minimum atomic E-state index is -0.638. The van der Waals surface area contributed by atoms with Gasteiger partial charge in [0, 0.05) is 12.6 Å². The third-order valence-corrected chi connectivity index (χ3v) is 4.91. The number of hydroxylamine groups is 2. The zero-order valence-corrected chi connectivity index (χ0v) is 16.3. The Balaban J connectivity index is 1.97. The molecule has 1 atom stereocenters. The first-order valence-corrected chi connectivity index (χ1v) is 9.55. The van der Waals surface area contributed by atoms with Crippen LogP contribution in [0.2, 0.25) is 0 Å². The molecule has 0 fully saturated rings. The van der Waals surface area contributed by atoms with E-state index in [1.807, 2.05) is 42.5 Å². The van der Waals surface area contributed by atoms with Crippen molar-refractivity contribution in [3.8, 4) is 16.9 Å². The molecule has 2 aromatic carbocycles. The SMILES string of the molecule is CON(C)C(=O)[C@@H]1CCCCCOc2cccc(c2)-c2ccccc2C(=O)N1. The number of benzene rings is 2. The first-order valence-electron chi connectivity index (χ1n) is 9.55. The highest BCUT2D eigenvalue weighted by molar-refractivity contribution is 6.02. The Morgan fingerprint density at radius 2 is 1.89 bits per heavy atom. The van der Waals surface area contributed by atoms with E-state index in [4.69, 9.17) is 9.57 Å². The Hall–Kier alpha value is -2.86. The van der Waals surface area contributed by atoms with Gasteiger partial charge in [-0.05, 0) is 48.6 Å². The van der Waals surface area contributed by atoms with Crippen LogP contribution in [0.5, 0.6) is 5.75 Å². The van der Waals surface area contributed by atoms with E-state index in [1.54, 1.807) is 13.1 Å². The van der Waals surface area contributed by atoms with Crippen molar-refractivity contribution in [3.05, 3.63) is 54.1 Å². The lowest BCUT2D eigenvalue weighted by Gasteiger charge is -2.23. The van der Waals surface area contributed by atoms with Gasteiger partial charge in [-0.25, -0.2) is 5.06 Å². The molecule has 2 aromatic rings. The first-order chi connectivity index (χ1) is 13.6. The largest absolute Gasteiger partial charge is 0.494 e. The molecule has 0 aliphatic carbocycles. The monoisotopic (exact) mass is 382 g/mol. The molecule has 6 heteroatoms. The van der Waals surface area contributed by atoms with Gasteiger partial charge in [0.05, 0.1) is 13.7 Å². The zero-order chi connectivity index (χ0) is 19.9. The van der Waals surface area contributed by atoms with E-state index in [-0.39, 0.29) is 11.8 Å². The summed E-state index contributed by atoms with van der Waals surface area (Å²) in [5.41, 5.74) is 2.22. The lowest BCUT2D eigenvalue weighted by Crippen LogP contribution is -2.47. The van der Waals surface area contributed by atoms with Crippen LogP contribution in [0.15, 0.2) is 48.5 Å². The molecule has 1 aliphatic rings. The number of fused-ring (bicyclic) bond motifs is 4. The van der Waals surface area contributed by atoms with Gasteiger partial charge in [-0.3, -0.25) is 14.4 Å². The van der Waals surface area contributed by atoms with Crippen LogP contribution in [-0.4, -0.2) is 43.7 Å². The number of carbonyl (C=O) groups excluding carboxylic acids is 2. The van der Waals surface area contributed by atoms with E-state index in [0.29, 0.717) is 18.6 Å². The Kier molecular flexibility index (Phi) is 6.66. The van der Waals surface area contributed by atoms with E-state index in [0.717, 1.165) is 41.2 Å². The second-order valence-corrected chi connectivity index (χ2v) is 6.82. The molecule has 0 unspecified atom stereocenters. The highest BCUT2D eigenvalue weighted by Crippen LogP contribution is 2.27. The average Bonchev–Trinajstić information content (AvgIpc) is 2.73. The standard InChI is InChI=1S/C22H26N2O4/c1-24(27-2)22(26)20-13-4-3-7-14-28-17-10-8-9-16(15-17)18-11-5-6-12-19(18)21(25)23-20/h5-6,8-12,15,20H,3-4,7,13-14H2,1-2H3,(H,23,25)/t20-/m0/s1. The van der Waals surface area contributed by atoms with Crippen molar-refractivity contribution in [2.45, 2.75) is 31.7 Å². The number of likely N-dealkylation sites (N-methyl/N-ethyl adjacent to an activating group) is 1. The Morgan fingerprint density at radius 1 is 1.11 bits per heavy atom. The van der Waals surface area contributed by atoms with Crippen molar-refractivity contribution in [2.24, 2.45) is 0 Å². The molecule has 1 N–H and O–H groups in total. The smallest absolute Gasteiger partial charge is 0.268 e. The van der Waals surface area contributed by atoms with Crippen LogP contribution in [0.1, 0.15) is 36.0 Å². The normalized spacial score (nSPS) is 17.5. The molecule has 0 saturated heterocycles. The van der Waals surface area contributed by atoms with Crippen molar-refractivity contribution in [1.82, 2.24) is 10.4 Å². The first kappa shape index (κ1) is 19.9. The molecule has 0 saturated carbocycles. The van der Waals surface area contributed by atoms with Gasteiger partial charge >= 0.3 is 0 Å². The lowest BCUT2D eigenvalue weighted by molar-refractivity contribution is -0.171. The van der Waals surface area contributed by atoms with Gasteiger partial charge in [-0.15, -0.1) is 0 Å². The molecule has 2 bridgehead atoms. The van der Waals surface area contributed by atoms with E-state index >= 15 is 0 Å². The maximum atomic E-state index is 13.0. The third kappa shape index (κ3) is 4.70. The van der Waals surface area contributed by atoms with Gasteiger partial charge in [0.15, 0.2) is 0 Å². The summed E-state index contributed by atoms with van der Waals surface area (Å²) in [6.45, 7) is 0.619. The maximum absolute atomic E-state index is 13.0. The predicted octanol–water partition coefficient (Wildman–Crippen LogP) is 3.42. The molecular formula is C22H26N2O4. The van der Waals surface area contributed by atoms with Crippen LogP contribution in [0.25, 0.3) is 11.1 Å². The summed E-state index contributed by atoms with van der Waals surface area (Å²) in [6, 6.07) is 14.5. The number of carbonyl (C=O) groups is 2. The van der Waals surface area contributed by atoms with Crippen molar-refractivity contribution >= 4 is 11.8 Å². The molecule has 2 amide bonds. The van der Waals surface area contributed by atoms with Crippen molar-refractivity contribution < 1.29 is 19.2 Å². The van der Waals surface area contributed by atoms with Crippen LogP contribution in [0.4, 0.5) is 0 Å².